The molecule has 2 bridgehead atoms. The van der Waals surface area contributed by atoms with Crippen molar-refractivity contribution in [1.82, 2.24) is 0 Å². The zero-order chi connectivity index (χ0) is 17.1. The van der Waals surface area contributed by atoms with Crippen molar-refractivity contribution >= 4 is 17.6 Å². The molecular weight excluding hydrogens is 324 g/mol. The SMILES string of the molecule is CCOC(=O)C1=C(OCC)C=C2C(Cl)/C=C\C3=CC=CC=C(C3)C21. The molecule has 0 amide bonds. The van der Waals surface area contributed by atoms with Gasteiger partial charge in [-0.15, -0.1) is 11.6 Å². The van der Waals surface area contributed by atoms with Crippen molar-refractivity contribution in [2.45, 2.75) is 25.6 Å². The lowest BCUT2D eigenvalue weighted by Crippen LogP contribution is -2.22. The Morgan fingerprint density at radius 3 is 2.79 bits per heavy atom. The minimum atomic E-state index is -0.328. The zero-order valence-electron chi connectivity index (χ0n) is 13.9. The molecule has 0 saturated heterocycles. The van der Waals surface area contributed by atoms with Crippen LogP contribution in [-0.4, -0.2) is 24.6 Å². The molecule has 0 aliphatic heterocycles. The predicted molar refractivity (Wildman–Crippen MR) is 95.6 cm³/mol. The van der Waals surface area contributed by atoms with Crippen LogP contribution in [0, 0.1) is 5.92 Å². The van der Waals surface area contributed by atoms with Crippen LogP contribution in [0.1, 0.15) is 20.3 Å². The number of esters is 1. The summed E-state index contributed by atoms with van der Waals surface area (Å²) < 4.78 is 11.0. The largest absolute Gasteiger partial charge is 0.493 e. The quantitative estimate of drug-likeness (QED) is 0.560. The van der Waals surface area contributed by atoms with Gasteiger partial charge in [-0.2, -0.15) is 0 Å². The van der Waals surface area contributed by atoms with E-state index in [0.717, 1.165) is 17.6 Å². The number of carbonyl (C=O) groups is 1. The molecule has 0 radical (unpaired) electrons. The Morgan fingerprint density at radius 2 is 2.04 bits per heavy atom. The van der Waals surface area contributed by atoms with E-state index in [0.29, 0.717) is 24.5 Å². The van der Waals surface area contributed by atoms with Crippen LogP contribution >= 0.6 is 11.6 Å². The van der Waals surface area contributed by atoms with Crippen molar-refractivity contribution in [3.8, 4) is 0 Å². The molecule has 0 aromatic heterocycles. The third kappa shape index (κ3) is 3.13. The fourth-order valence-corrected chi connectivity index (χ4v) is 3.57. The van der Waals surface area contributed by atoms with Gasteiger partial charge in [-0.25, -0.2) is 4.79 Å². The molecule has 4 heteroatoms. The minimum absolute atomic E-state index is 0.191. The second-order valence-corrected chi connectivity index (χ2v) is 6.28. The first-order valence-corrected chi connectivity index (χ1v) is 8.73. The van der Waals surface area contributed by atoms with Crippen molar-refractivity contribution < 1.29 is 14.3 Å². The monoisotopic (exact) mass is 344 g/mol. The second-order valence-electron chi connectivity index (χ2n) is 5.81. The lowest BCUT2D eigenvalue weighted by Gasteiger charge is -2.25. The van der Waals surface area contributed by atoms with E-state index in [1.807, 2.05) is 38.2 Å². The van der Waals surface area contributed by atoms with Crippen LogP contribution in [0.5, 0.6) is 0 Å². The highest BCUT2D eigenvalue weighted by Gasteiger charge is 2.39. The number of alkyl halides is 1. The third-order valence-corrected chi connectivity index (χ3v) is 4.69. The lowest BCUT2D eigenvalue weighted by atomic mass is 9.81. The van der Waals surface area contributed by atoms with Gasteiger partial charge in [0, 0.05) is 5.92 Å². The fourth-order valence-electron chi connectivity index (χ4n) is 3.31. The average molecular weight is 345 g/mol. The maximum absolute atomic E-state index is 12.6. The summed E-state index contributed by atoms with van der Waals surface area (Å²) in [5, 5.41) is -0.289. The van der Waals surface area contributed by atoms with Crippen LogP contribution in [-0.2, 0) is 14.3 Å². The van der Waals surface area contributed by atoms with E-state index in [1.54, 1.807) is 0 Å². The summed E-state index contributed by atoms with van der Waals surface area (Å²) in [4.78, 5) is 12.6. The summed E-state index contributed by atoms with van der Waals surface area (Å²) in [5.74, 6) is 0.0611. The molecule has 0 saturated carbocycles. The van der Waals surface area contributed by atoms with Crippen molar-refractivity contribution in [2.75, 3.05) is 13.2 Å². The zero-order valence-corrected chi connectivity index (χ0v) is 14.7. The summed E-state index contributed by atoms with van der Waals surface area (Å²) >= 11 is 6.61. The summed E-state index contributed by atoms with van der Waals surface area (Å²) in [5.41, 5.74) is 3.84. The van der Waals surface area contributed by atoms with E-state index in [4.69, 9.17) is 21.1 Å². The molecule has 0 heterocycles. The number of fused-ring (bicyclic) bond motifs is 4. The van der Waals surface area contributed by atoms with Crippen LogP contribution in [0.15, 0.2) is 70.6 Å². The molecule has 24 heavy (non-hydrogen) atoms. The van der Waals surface area contributed by atoms with Crippen molar-refractivity contribution in [1.29, 1.82) is 0 Å². The summed E-state index contributed by atoms with van der Waals surface area (Å²) in [6.45, 7) is 4.53. The summed E-state index contributed by atoms with van der Waals surface area (Å²) in [7, 11) is 0. The number of ether oxygens (including phenoxy) is 2. The maximum atomic E-state index is 12.6. The van der Waals surface area contributed by atoms with Gasteiger partial charge in [0.1, 0.15) is 5.76 Å². The van der Waals surface area contributed by atoms with Gasteiger partial charge in [-0.3, -0.25) is 0 Å². The standard InChI is InChI=1S/C20H21ClO3/c1-3-23-17-12-15-16(21)10-9-13-7-5-6-8-14(11-13)18(15)19(17)20(22)24-4-2/h5-10,12,16,18H,3-4,11H2,1-2H3/b10-9-. The van der Waals surface area contributed by atoms with Crippen LogP contribution in [0.25, 0.3) is 0 Å². The van der Waals surface area contributed by atoms with Crippen molar-refractivity contribution in [2.24, 2.45) is 5.92 Å². The Morgan fingerprint density at radius 1 is 1.25 bits per heavy atom. The maximum Gasteiger partial charge on any atom is 0.338 e. The molecule has 0 fully saturated rings. The van der Waals surface area contributed by atoms with Gasteiger partial charge in [0.2, 0.25) is 0 Å². The Labute approximate surface area is 147 Å². The predicted octanol–water partition coefficient (Wildman–Crippen LogP) is 4.39. The third-order valence-electron chi connectivity index (χ3n) is 4.29. The van der Waals surface area contributed by atoms with E-state index >= 15 is 0 Å². The number of carbonyl (C=O) groups excluding carboxylic acids is 1. The second kappa shape index (κ2) is 7.27. The number of allylic oxidation sites excluding steroid dienone is 10. The van der Waals surface area contributed by atoms with E-state index in [9.17, 15) is 4.79 Å². The molecule has 126 valence electrons. The summed E-state index contributed by atoms with van der Waals surface area (Å²) in [6.07, 6.45) is 14.9. The van der Waals surface area contributed by atoms with Crippen molar-refractivity contribution in [3.05, 3.63) is 70.6 Å². The molecule has 3 aliphatic rings. The van der Waals surface area contributed by atoms with Gasteiger partial charge < -0.3 is 9.47 Å². The number of hydrogen-bond donors (Lipinski definition) is 0. The highest BCUT2D eigenvalue weighted by atomic mass is 35.5. The normalized spacial score (nSPS) is 26.4. The molecule has 3 nitrogen and oxygen atoms in total. The highest BCUT2D eigenvalue weighted by molar-refractivity contribution is 6.24. The number of rotatable bonds is 4. The van der Waals surface area contributed by atoms with Gasteiger partial charge in [0.25, 0.3) is 0 Å². The molecular formula is C20H21ClO3. The Balaban J connectivity index is 2.12. The van der Waals surface area contributed by atoms with Crippen LogP contribution in [0.4, 0.5) is 0 Å². The van der Waals surface area contributed by atoms with Gasteiger partial charge >= 0.3 is 5.97 Å². The van der Waals surface area contributed by atoms with Gasteiger partial charge in [-0.1, -0.05) is 42.0 Å². The fraction of sp³-hybridized carbons (Fsp3) is 0.350. The van der Waals surface area contributed by atoms with Gasteiger partial charge in [-0.05, 0) is 37.5 Å². The van der Waals surface area contributed by atoms with Crippen LogP contribution < -0.4 is 0 Å². The van der Waals surface area contributed by atoms with Crippen LogP contribution in [0.2, 0.25) is 0 Å². The molecule has 2 unspecified atom stereocenters. The number of halogens is 1. The molecule has 3 aliphatic carbocycles. The Kier molecular flexibility index (Phi) is 5.10. The first-order chi connectivity index (χ1) is 11.7. The lowest BCUT2D eigenvalue weighted by molar-refractivity contribution is -0.139. The molecule has 0 spiro atoms. The molecule has 0 aromatic carbocycles. The first-order valence-electron chi connectivity index (χ1n) is 8.29. The molecule has 0 aromatic rings. The molecule has 2 atom stereocenters. The summed E-state index contributed by atoms with van der Waals surface area (Å²) in [6, 6.07) is 0. The number of hydrogen-bond acceptors (Lipinski definition) is 3. The topological polar surface area (TPSA) is 35.5 Å². The average Bonchev–Trinajstić information content (AvgIpc) is 2.76. The van der Waals surface area contributed by atoms with E-state index < -0.39 is 0 Å². The van der Waals surface area contributed by atoms with E-state index in [1.165, 1.54) is 5.57 Å². The molecule has 0 N–H and O–H groups in total. The smallest absolute Gasteiger partial charge is 0.338 e. The Bertz CT molecular complexity index is 719. The first kappa shape index (κ1) is 16.8. The van der Waals surface area contributed by atoms with E-state index in [2.05, 4.69) is 18.2 Å². The molecule has 3 rings (SSSR count). The van der Waals surface area contributed by atoms with Gasteiger partial charge in [0.15, 0.2) is 0 Å². The van der Waals surface area contributed by atoms with Gasteiger partial charge in [0.05, 0.1) is 24.2 Å². The van der Waals surface area contributed by atoms with Crippen LogP contribution in [0.3, 0.4) is 0 Å². The Hall–Kier alpha value is -2.00. The van der Waals surface area contributed by atoms with Crippen molar-refractivity contribution in [3.63, 3.8) is 0 Å². The van der Waals surface area contributed by atoms with E-state index in [-0.39, 0.29) is 17.3 Å². The minimum Gasteiger partial charge on any atom is -0.493 e. The highest BCUT2D eigenvalue weighted by Crippen LogP contribution is 2.45.